The topological polar surface area (TPSA) is 105 Å². The van der Waals surface area contributed by atoms with Crippen LogP contribution in [0.5, 0.6) is 0 Å². The standard InChI is InChI=1S/C24H42O8S/c1-5-9-13-29-21(25)17-19(23(27)31-15-11-7-3)33-20(24(28)32-16-12-8-4)18-22(26)30-14-10-6-2/h19-20H,5-18H2,1-4H3/t19-,20+. The van der Waals surface area contributed by atoms with E-state index in [1.807, 2.05) is 27.7 Å². The Labute approximate surface area is 202 Å². The SMILES string of the molecule is CCCCOC(=O)C[C@H](S[C@H](CC(=O)OCCCC)C(=O)OCCCC)C(=O)OCCCC. The zero-order valence-corrected chi connectivity index (χ0v) is 21.5. The van der Waals surface area contributed by atoms with Crippen LogP contribution in [0.1, 0.15) is 91.9 Å². The van der Waals surface area contributed by atoms with Gasteiger partial charge < -0.3 is 18.9 Å². The van der Waals surface area contributed by atoms with Crippen LogP contribution in [-0.2, 0) is 38.1 Å². The maximum Gasteiger partial charge on any atom is 0.319 e. The molecule has 0 saturated heterocycles. The van der Waals surface area contributed by atoms with E-state index in [-0.39, 0.29) is 39.3 Å². The first-order chi connectivity index (χ1) is 15.9. The summed E-state index contributed by atoms with van der Waals surface area (Å²) in [5.41, 5.74) is 0. The van der Waals surface area contributed by atoms with Crippen LogP contribution < -0.4 is 0 Å². The predicted molar refractivity (Wildman–Crippen MR) is 128 cm³/mol. The van der Waals surface area contributed by atoms with Crippen molar-refractivity contribution in [2.75, 3.05) is 26.4 Å². The van der Waals surface area contributed by atoms with Gasteiger partial charge in [-0.1, -0.05) is 53.4 Å². The van der Waals surface area contributed by atoms with Crippen molar-refractivity contribution in [3.05, 3.63) is 0 Å². The predicted octanol–water partition coefficient (Wildman–Crippen LogP) is 4.61. The van der Waals surface area contributed by atoms with Gasteiger partial charge >= 0.3 is 23.9 Å². The Hall–Kier alpha value is -1.77. The number of carbonyl (C=O) groups excluding carboxylic acids is 4. The highest BCUT2D eigenvalue weighted by Gasteiger charge is 2.34. The molecule has 0 rings (SSSR count). The van der Waals surface area contributed by atoms with Crippen LogP contribution in [0.15, 0.2) is 0 Å². The second-order valence-electron chi connectivity index (χ2n) is 7.71. The summed E-state index contributed by atoms with van der Waals surface area (Å²) in [6.07, 6.45) is 5.77. The van der Waals surface area contributed by atoms with Gasteiger partial charge in [-0.05, 0) is 25.7 Å². The molecular formula is C24H42O8S. The lowest BCUT2D eigenvalue weighted by Gasteiger charge is -2.21. The van der Waals surface area contributed by atoms with Crippen LogP contribution in [0.4, 0.5) is 0 Å². The van der Waals surface area contributed by atoms with Gasteiger partial charge in [-0.15, -0.1) is 11.8 Å². The van der Waals surface area contributed by atoms with E-state index in [1.54, 1.807) is 0 Å². The van der Waals surface area contributed by atoms with Gasteiger partial charge in [-0.25, -0.2) is 0 Å². The molecule has 0 N–H and O–H groups in total. The van der Waals surface area contributed by atoms with E-state index >= 15 is 0 Å². The molecule has 33 heavy (non-hydrogen) atoms. The van der Waals surface area contributed by atoms with Crippen molar-refractivity contribution in [1.29, 1.82) is 0 Å². The first-order valence-corrected chi connectivity index (χ1v) is 13.1. The largest absolute Gasteiger partial charge is 0.466 e. The van der Waals surface area contributed by atoms with E-state index < -0.39 is 34.4 Å². The molecule has 0 unspecified atom stereocenters. The lowest BCUT2D eigenvalue weighted by molar-refractivity contribution is -0.150. The van der Waals surface area contributed by atoms with Gasteiger partial charge in [0.1, 0.15) is 10.5 Å². The number of carbonyl (C=O) groups is 4. The first-order valence-electron chi connectivity index (χ1n) is 12.2. The van der Waals surface area contributed by atoms with Gasteiger partial charge in [0, 0.05) is 0 Å². The molecule has 0 radical (unpaired) electrons. The minimum atomic E-state index is -0.983. The Balaban J connectivity index is 5.32. The van der Waals surface area contributed by atoms with Gasteiger partial charge in [0.2, 0.25) is 0 Å². The van der Waals surface area contributed by atoms with Crippen LogP contribution in [-0.4, -0.2) is 60.8 Å². The lowest BCUT2D eigenvalue weighted by atomic mass is 10.3. The van der Waals surface area contributed by atoms with Gasteiger partial charge in [0.25, 0.3) is 0 Å². The molecule has 0 spiro atoms. The molecule has 8 nitrogen and oxygen atoms in total. The number of hydrogen-bond acceptors (Lipinski definition) is 9. The first kappa shape index (κ1) is 31.2. The highest BCUT2D eigenvalue weighted by Crippen LogP contribution is 2.27. The lowest BCUT2D eigenvalue weighted by Crippen LogP contribution is -2.32. The molecule has 0 saturated carbocycles. The highest BCUT2D eigenvalue weighted by molar-refractivity contribution is 8.01. The smallest absolute Gasteiger partial charge is 0.319 e. The monoisotopic (exact) mass is 490 g/mol. The Morgan fingerprint density at radius 2 is 0.848 bits per heavy atom. The van der Waals surface area contributed by atoms with E-state index in [2.05, 4.69) is 0 Å². The summed E-state index contributed by atoms with van der Waals surface area (Å²) >= 11 is 0.906. The average Bonchev–Trinajstić information content (AvgIpc) is 2.78. The van der Waals surface area contributed by atoms with Crippen LogP contribution in [0.25, 0.3) is 0 Å². The van der Waals surface area contributed by atoms with Gasteiger partial charge in [-0.2, -0.15) is 0 Å². The molecule has 192 valence electrons. The summed E-state index contributed by atoms with van der Waals surface area (Å²) in [5.74, 6) is -2.30. The molecule has 0 heterocycles. The third-order valence-electron chi connectivity index (χ3n) is 4.56. The molecule has 0 aromatic carbocycles. The molecule has 0 aromatic rings. The van der Waals surface area contributed by atoms with Crippen molar-refractivity contribution in [2.24, 2.45) is 0 Å². The summed E-state index contributed by atoms with van der Waals surface area (Å²) in [5, 5.41) is -1.97. The number of thioether (sulfide) groups is 1. The third kappa shape index (κ3) is 16.5. The van der Waals surface area contributed by atoms with Crippen molar-refractivity contribution >= 4 is 35.6 Å². The highest BCUT2D eigenvalue weighted by atomic mass is 32.2. The normalized spacial score (nSPS) is 12.5. The third-order valence-corrected chi connectivity index (χ3v) is 5.94. The summed E-state index contributed by atoms with van der Waals surface area (Å²) in [4.78, 5) is 49.9. The fraction of sp³-hybridized carbons (Fsp3) is 0.833. The minimum Gasteiger partial charge on any atom is -0.466 e. The molecule has 9 heteroatoms. The summed E-state index contributed by atoms with van der Waals surface area (Å²) < 4.78 is 21.0. The zero-order chi connectivity index (χ0) is 24.9. The maximum atomic E-state index is 12.7. The zero-order valence-electron chi connectivity index (χ0n) is 20.7. The van der Waals surface area contributed by atoms with Crippen LogP contribution in [0.2, 0.25) is 0 Å². The number of ether oxygens (including phenoxy) is 4. The van der Waals surface area contributed by atoms with Crippen LogP contribution in [0.3, 0.4) is 0 Å². The van der Waals surface area contributed by atoms with Crippen LogP contribution in [0, 0.1) is 0 Å². The maximum absolute atomic E-state index is 12.7. The molecular weight excluding hydrogens is 448 g/mol. The molecule has 0 bridgehead atoms. The number of rotatable bonds is 20. The van der Waals surface area contributed by atoms with Gasteiger partial charge in [0.15, 0.2) is 0 Å². The Morgan fingerprint density at radius 1 is 0.545 bits per heavy atom. The number of hydrogen-bond donors (Lipinski definition) is 0. The van der Waals surface area contributed by atoms with E-state index in [0.29, 0.717) is 12.8 Å². The molecule has 0 aromatic heterocycles. The molecule has 0 aliphatic carbocycles. The van der Waals surface area contributed by atoms with Crippen molar-refractivity contribution < 1.29 is 38.1 Å². The van der Waals surface area contributed by atoms with Gasteiger partial charge in [-0.3, -0.25) is 19.2 Å². The second kappa shape index (κ2) is 20.8. The molecule has 0 aliphatic heterocycles. The summed E-state index contributed by atoms with van der Waals surface area (Å²) in [6.45, 7) is 8.88. The van der Waals surface area contributed by atoms with Crippen molar-refractivity contribution in [1.82, 2.24) is 0 Å². The summed E-state index contributed by atoms with van der Waals surface area (Å²) in [7, 11) is 0. The minimum absolute atomic E-state index is 0.224. The van der Waals surface area contributed by atoms with Crippen LogP contribution >= 0.6 is 11.8 Å². The second-order valence-corrected chi connectivity index (χ2v) is 9.12. The Bertz CT molecular complexity index is 519. The molecule has 0 amide bonds. The van der Waals surface area contributed by atoms with E-state index in [9.17, 15) is 19.2 Å². The Kier molecular flexibility index (Phi) is 19.7. The van der Waals surface area contributed by atoms with Crippen molar-refractivity contribution in [3.8, 4) is 0 Å². The van der Waals surface area contributed by atoms with E-state index in [4.69, 9.17) is 18.9 Å². The fourth-order valence-corrected chi connectivity index (χ4v) is 3.69. The van der Waals surface area contributed by atoms with Crippen molar-refractivity contribution in [2.45, 2.75) is 102 Å². The van der Waals surface area contributed by atoms with Gasteiger partial charge in [0.05, 0.1) is 39.3 Å². The molecule has 0 fully saturated rings. The quantitative estimate of drug-likeness (QED) is 0.137. The number of unbranched alkanes of at least 4 members (excludes halogenated alkanes) is 4. The molecule has 2 atom stereocenters. The van der Waals surface area contributed by atoms with Crippen molar-refractivity contribution in [3.63, 3.8) is 0 Å². The fourth-order valence-electron chi connectivity index (χ4n) is 2.47. The van der Waals surface area contributed by atoms with E-state index in [1.165, 1.54) is 0 Å². The summed E-state index contributed by atoms with van der Waals surface area (Å²) in [6, 6.07) is 0. The Morgan fingerprint density at radius 3 is 1.15 bits per heavy atom. The number of esters is 4. The molecule has 0 aliphatic rings. The average molecular weight is 491 g/mol. The van der Waals surface area contributed by atoms with E-state index in [0.717, 1.165) is 50.3 Å².